The molecule has 0 amide bonds. The number of aromatic nitrogens is 1. The summed E-state index contributed by atoms with van der Waals surface area (Å²) in [7, 11) is 0. The molecule has 1 heterocycles. The van der Waals surface area contributed by atoms with Gasteiger partial charge in [0.2, 0.25) is 0 Å². The van der Waals surface area contributed by atoms with E-state index in [9.17, 15) is 5.11 Å². The number of hydrogen-bond donors (Lipinski definition) is 2. The van der Waals surface area contributed by atoms with Gasteiger partial charge in [0.1, 0.15) is 6.10 Å². The van der Waals surface area contributed by atoms with Crippen molar-refractivity contribution >= 4 is 11.3 Å². The van der Waals surface area contributed by atoms with Crippen molar-refractivity contribution in [1.82, 2.24) is 4.98 Å². The van der Waals surface area contributed by atoms with Gasteiger partial charge < -0.3 is 10.8 Å². The van der Waals surface area contributed by atoms with Crippen LogP contribution in [0.5, 0.6) is 0 Å². The van der Waals surface area contributed by atoms with Crippen molar-refractivity contribution in [1.29, 1.82) is 0 Å². The first-order valence-corrected chi connectivity index (χ1v) is 5.74. The van der Waals surface area contributed by atoms with Gasteiger partial charge in [0.25, 0.3) is 0 Å². The maximum atomic E-state index is 9.87. The fourth-order valence-corrected chi connectivity index (χ4v) is 2.05. The first-order chi connectivity index (χ1) is 6.50. The van der Waals surface area contributed by atoms with E-state index in [1.807, 2.05) is 12.3 Å². The van der Waals surface area contributed by atoms with E-state index in [2.05, 4.69) is 18.8 Å². The Morgan fingerprint density at radius 1 is 1.57 bits per heavy atom. The summed E-state index contributed by atoms with van der Waals surface area (Å²) in [4.78, 5) is 4.23. The number of nitrogens with two attached hydrogens (primary N) is 1. The van der Waals surface area contributed by atoms with Crippen LogP contribution in [0.25, 0.3) is 0 Å². The molecule has 0 bridgehead atoms. The van der Waals surface area contributed by atoms with Crippen LogP contribution in [0.4, 0.5) is 0 Å². The Kier molecular flexibility index (Phi) is 4.04. The fourth-order valence-electron chi connectivity index (χ4n) is 1.41. The molecule has 1 aromatic heterocycles. The second-order valence-corrected chi connectivity index (χ2v) is 5.09. The van der Waals surface area contributed by atoms with Gasteiger partial charge in [0, 0.05) is 11.4 Å². The maximum Gasteiger partial charge on any atom is 0.112 e. The van der Waals surface area contributed by atoms with Crippen LogP contribution in [0.15, 0.2) is 5.38 Å². The van der Waals surface area contributed by atoms with Crippen LogP contribution in [0.2, 0.25) is 0 Å². The second kappa shape index (κ2) is 4.87. The SMILES string of the molecule is Cc1nc(C(O)C(N)CC(C)C)cs1. The lowest BCUT2D eigenvalue weighted by Gasteiger charge is -2.18. The molecule has 2 unspecified atom stereocenters. The zero-order valence-corrected chi connectivity index (χ0v) is 9.71. The summed E-state index contributed by atoms with van der Waals surface area (Å²) in [6.45, 7) is 6.12. The third-order valence-corrected chi connectivity index (χ3v) is 2.88. The van der Waals surface area contributed by atoms with Crippen molar-refractivity contribution in [2.45, 2.75) is 39.3 Å². The number of rotatable bonds is 4. The second-order valence-electron chi connectivity index (χ2n) is 4.03. The minimum absolute atomic E-state index is 0.212. The summed E-state index contributed by atoms with van der Waals surface area (Å²) < 4.78 is 0. The van der Waals surface area contributed by atoms with Crippen LogP contribution < -0.4 is 5.73 Å². The van der Waals surface area contributed by atoms with E-state index in [4.69, 9.17) is 5.73 Å². The van der Waals surface area contributed by atoms with E-state index in [1.165, 1.54) is 0 Å². The van der Waals surface area contributed by atoms with Crippen molar-refractivity contribution in [2.75, 3.05) is 0 Å². The Morgan fingerprint density at radius 3 is 2.64 bits per heavy atom. The van der Waals surface area contributed by atoms with E-state index >= 15 is 0 Å². The lowest BCUT2D eigenvalue weighted by atomic mass is 9.99. The lowest BCUT2D eigenvalue weighted by molar-refractivity contribution is 0.132. The van der Waals surface area contributed by atoms with Gasteiger partial charge >= 0.3 is 0 Å². The van der Waals surface area contributed by atoms with Gasteiger partial charge in [0.05, 0.1) is 10.7 Å². The summed E-state index contributed by atoms with van der Waals surface area (Å²) in [6, 6.07) is -0.212. The molecular weight excluding hydrogens is 196 g/mol. The predicted molar refractivity (Wildman–Crippen MR) is 59.2 cm³/mol. The van der Waals surface area contributed by atoms with Crippen LogP contribution >= 0.6 is 11.3 Å². The predicted octanol–water partition coefficient (Wildman–Crippen LogP) is 1.86. The Bertz CT molecular complexity index is 285. The molecule has 14 heavy (non-hydrogen) atoms. The molecule has 80 valence electrons. The molecule has 3 N–H and O–H groups in total. The first kappa shape index (κ1) is 11.6. The number of aliphatic hydroxyl groups is 1. The zero-order valence-electron chi connectivity index (χ0n) is 8.90. The molecule has 0 aromatic carbocycles. The van der Waals surface area contributed by atoms with Gasteiger partial charge in [-0.15, -0.1) is 11.3 Å². The highest BCUT2D eigenvalue weighted by molar-refractivity contribution is 7.09. The number of hydrogen-bond acceptors (Lipinski definition) is 4. The Morgan fingerprint density at radius 2 is 2.21 bits per heavy atom. The van der Waals surface area contributed by atoms with Crippen LogP contribution in [0, 0.1) is 12.8 Å². The van der Waals surface area contributed by atoms with E-state index in [0.717, 1.165) is 11.4 Å². The summed E-state index contributed by atoms with van der Waals surface area (Å²) in [5.41, 5.74) is 6.58. The summed E-state index contributed by atoms with van der Waals surface area (Å²) in [6.07, 6.45) is 0.194. The van der Waals surface area contributed by atoms with Gasteiger partial charge in [-0.1, -0.05) is 13.8 Å². The number of nitrogens with zero attached hydrogens (tertiary/aromatic N) is 1. The topological polar surface area (TPSA) is 59.1 Å². The van der Waals surface area contributed by atoms with E-state index in [0.29, 0.717) is 11.6 Å². The summed E-state index contributed by atoms with van der Waals surface area (Å²) >= 11 is 1.54. The molecule has 3 nitrogen and oxygen atoms in total. The maximum absolute atomic E-state index is 9.87. The first-order valence-electron chi connectivity index (χ1n) is 4.86. The Hall–Kier alpha value is -0.450. The average Bonchev–Trinajstić information content (AvgIpc) is 2.49. The number of aliphatic hydroxyl groups excluding tert-OH is 1. The average molecular weight is 214 g/mol. The molecule has 1 rings (SSSR count). The van der Waals surface area contributed by atoms with Crippen LogP contribution in [0.3, 0.4) is 0 Å². The quantitative estimate of drug-likeness (QED) is 0.804. The van der Waals surface area contributed by atoms with Crippen LogP contribution in [-0.4, -0.2) is 16.1 Å². The molecule has 4 heteroatoms. The normalized spacial score (nSPS) is 15.9. The summed E-state index contributed by atoms with van der Waals surface area (Å²) in [5.74, 6) is 0.499. The molecule has 0 fully saturated rings. The highest BCUT2D eigenvalue weighted by Gasteiger charge is 2.19. The van der Waals surface area contributed by atoms with Crippen molar-refractivity contribution < 1.29 is 5.11 Å². The highest BCUT2D eigenvalue weighted by atomic mass is 32.1. The van der Waals surface area contributed by atoms with Gasteiger partial charge in [0.15, 0.2) is 0 Å². The standard InChI is InChI=1S/C10H18N2OS/c1-6(2)4-8(11)10(13)9-5-14-7(3)12-9/h5-6,8,10,13H,4,11H2,1-3H3. The Balaban J connectivity index is 2.60. The van der Waals surface area contributed by atoms with Gasteiger partial charge in [-0.3, -0.25) is 0 Å². The van der Waals surface area contributed by atoms with Crippen molar-refractivity contribution in [3.8, 4) is 0 Å². The molecule has 0 aliphatic rings. The Labute approximate surface area is 89.0 Å². The van der Waals surface area contributed by atoms with E-state index in [-0.39, 0.29) is 6.04 Å². The summed E-state index contributed by atoms with van der Waals surface area (Å²) in [5, 5.41) is 12.7. The smallest absolute Gasteiger partial charge is 0.112 e. The highest BCUT2D eigenvalue weighted by Crippen LogP contribution is 2.21. The zero-order chi connectivity index (χ0) is 10.7. The van der Waals surface area contributed by atoms with Crippen molar-refractivity contribution in [2.24, 2.45) is 11.7 Å². The number of thiazole rings is 1. The molecule has 0 saturated carbocycles. The van der Waals surface area contributed by atoms with Gasteiger partial charge in [-0.05, 0) is 19.3 Å². The number of aryl methyl sites for hydroxylation is 1. The molecule has 0 radical (unpaired) electrons. The molecule has 2 atom stereocenters. The third-order valence-electron chi connectivity index (χ3n) is 2.09. The van der Waals surface area contributed by atoms with E-state index < -0.39 is 6.10 Å². The molecule has 0 saturated heterocycles. The molecule has 0 aliphatic heterocycles. The van der Waals surface area contributed by atoms with E-state index in [1.54, 1.807) is 11.3 Å². The van der Waals surface area contributed by atoms with Crippen molar-refractivity contribution in [3.05, 3.63) is 16.1 Å². The van der Waals surface area contributed by atoms with Crippen molar-refractivity contribution in [3.63, 3.8) is 0 Å². The largest absolute Gasteiger partial charge is 0.385 e. The molecule has 1 aromatic rings. The minimum Gasteiger partial charge on any atom is -0.385 e. The van der Waals surface area contributed by atoms with Crippen LogP contribution in [0.1, 0.15) is 37.1 Å². The minimum atomic E-state index is -0.623. The van der Waals surface area contributed by atoms with Crippen LogP contribution in [-0.2, 0) is 0 Å². The molecule has 0 aliphatic carbocycles. The van der Waals surface area contributed by atoms with Gasteiger partial charge in [-0.25, -0.2) is 4.98 Å². The van der Waals surface area contributed by atoms with Gasteiger partial charge in [-0.2, -0.15) is 0 Å². The monoisotopic (exact) mass is 214 g/mol. The molecule has 0 spiro atoms. The third kappa shape index (κ3) is 3.04. The molecular formula is C10H18N2OS. The lowest BCUT2D eigenvalue weighted by Crippen LogP contribution is -2.30. The fraction of sp³-hybridized carbons (Fsp3) is 0.700.